The van der Waals surface area contributed by atoms with E-state index in [-0.39, 0.29) is 38.0 Å². The fourth-order valence-electron chi connectivity index (χ4n) is 3.25. The van der Waals surface area contributed by atoms with Crippen LogP contribution in [-0.2, 0) is 16.1 Å². The quantitative estimate of drug-likeness (QED) is 0.469. The number of allylic oxidation sites excluding steroid dienone is 1. The van der Waals surface area contributed by atoms with Crippen LogP contribution in [0.1, 0.15) is 30.0 Å². The predicted octanol–water partition coefficient (Wildman–Crippen LogP) is 2.44. The number of hydrogen-bond acceptors (Lipinski definition) is 4. The van der Waals surface area contributed by atoms with Crippen LogP contribution in [-0.4, -0.2) is 46.7 Å². The fraction of sp³-hybridized carbons (Fsp3) is 0.333. The summed E-state index contributed by atoms with van der Waals surface area (Å²) in [7, 11) is 0. The molecule has 0 spiro atoms. The second-order valence-corrected chi connectivity index (χ2v) is 7.10. The smallest absolute Gasteiger partial charge is 0.224 e. The number of carbonyl (C=O) groups is 2. The minimum Gasteiger partial charge on any atom is -0.395 e. The standard InChI is InChI=1S/C24H30N2O4/c1-2-9-21(24(30)25-22(18-28)20-12-7-4-8-13-20)16-23(29)26(14-15-27)17-19-10-5-3-6-11-19/h2-8,10-13,21-22,27-28H,1,9,14-18H2,(H,25,30)/t21-,22-/m1/s1. The molecule has 0 unspecified atom stereocenters. The highest BCUT2D eigenvalue weighted by Crippen LogP contribution is 2.18. The molecule has 0 bridgehead atoms. The molecular formula is C24H30N2O4. The molecule has 2 amide bonds. The molecule has 0 fully saturated rings. The Labute approximate surface area is 177 Å². The highest BCUT2D eigenvalue weighted by molar-refractivity contribution is 5.86. The van der Waals surface area contributed by atoms with E-state index in [1.165, 1.54) is 0 Å². The number of carbonyl (C=O) groups excluding carboxylic acids is 2. The molecule has 0 saturated carbocycles. The van der Waals surface area contributed by atoms with E-state index >= 15 is 0 Å². The molecule has 0 aliphatic carbocycles. The van der Waals surface area contributed by atoms with Crippen molar-refractivity contribution in [3.05, 3.63) is 84.4 Å². The lowest BCUT2D eigenvalue weighted by Gasteiger charge is -2.25. The lowest BCUT2D eigenvalue weighted by Crippen LogP contribution is -2.39. The summed E-state index contributed by atoms with van der Waals surface area (Å²) < 4.78 is 0. The van der Waals surface area contributed by atoms with Crippen LogP contribution in [0.3, 0.4) is 0 Å². The van der Waals surface area contributed by atoms with Crippen molar-refractivity contribution in [3.63, 3.8) is 0 Å². The first kappa shape index (κ1) is 23.3. The van der Waals surface area contributed by atoms with E-state index in [1.54, 1.807) is 11.0 Å². The number of nitrogens with one attached hydrogen (secondary N) is 1. The van der Waals surface area contributed by atoms with E-state index in [0.717, 1.165) is 11.1 Å². The lowest BCUT2D eigenvalue weighted by molar-refractivity contribution is -0.137. The molecule has 0 radical (unpaired) electrons. The maximum Gasteiger partial charge on any atom is 0.224 e. The van der Waals surface area contributed by atoms with Crippen molar-refractivity contribution in [2.75, 3.05) is 19.8 Å². The molecule has 2 aromatic rings. The van der Waals surface area contributed by atoms with E-state index in [1.807, 2.05) is 60.7 Å². The zero-order valence-electron chi connectivity index (χ0n) is 17.1. The van der Waals surface area contributed by atoms with Crippen molar-refractivity contribution in [1.82, 2.24) is 10.2 Å². The van der Waals surface area contributed by atoms with Crippen molar-refractivity contribution in [3.8, 4) is 0 Å². The molecule has 0 aliphatic rings. The van der Waals surface area contributed by atoms with Crippen LogP contribution >= 0.6 is 0 Å². The summed E-state index contributed by atoms with van der Waals surface area (Å²) in [6.45, 7) is 3.87. The second-order valence-electron chi connectivity index (χ2n) is 7.10. The number of amides is 2. The first-order valence-corrected chi connectivity index (χ1v) is 10.1. The van der Waals surface area contributed by atoms with Gasteiger partial charge in [-0.25, -0.2) is 0 Å². The van der Waals surface area contributed by atoms with E-state index in [0.29, 0.717) is 13.0 Å². The van der Waals surface area contributed by atoms with Crippen LogP contribution in [0, 0.1) is 5.92 Å². The van der Waals surface area contributed by atoms with Crippen LogP contribution in [0.4, 0.5) is 0 Å². The first-order valence-electron chi connectivity index (χ1n) is 10.1. The maximum atomic E-state index is 12.9. The molecule has 2 rings (SSSR count). The molecule has 160 valence electrons. The Morgan fingerprint density at radius 3 is 2.23 bits per heavy atom. The third-order valence-electron chi connectivity index (χ3n) is 4.88. The number of rotatable bonds is 12. The Balaban J connectivity index is 2.06. The Hall–Kier alpha value is -2.96. The predicted molar refractivity (Wildman–Crippen MR) is 116 cm³/mol. The van der Waals surface area contributed by atoms with E-state index in [2.05, 4.69) is 11.9 Å². The summed E-state index contributed by atoms with van der Waals surface area (Å²) in [5, 5.41) is 21.9. The summed E-state index contributed by atoms with van der Waals surface area (Å²) in [6.07, 6.45) is 1.95. The first-order chi connectivity index (χ1) is 14.6. The number of hydrogen-bond donors (Lipinski definition) is 3. The normalized spacial score (nSPS) is 12.6. The average molecular weight is 411 g/mol. The number of nitrogens with zero attached hydrogens (tertiary/aromatic N) is 1. The Morgan fingerprint density at radius 2 is 1.67 bits per heavy atom. The monoisotopic (exact) mass is 410 g/mol. The van der Waals surface area contributed by atoms with Gasteiger partial charge in [0.25, 0.3) is 0 Å². The van der Waals surface area contributed by atoms with Crippen LogP contribution in [0.25, 0.3) is 0 Å². The van der Waals surface area contributed by atoms with Gasteiger partial charge in [-0.3, -0.25) is 9.59 Å². The molecule has 3 N–H and O–H groups in total. The third kappa shape index (κ3) is 7.13. The molecule has 6 heteroatoms. The molecule has 2 atom stereocenters. The second kappa shape index (κ2) is 12.6. The molecule has 0 aliphatic heterocycles. The number of aliphatic hydroxyl groups excluding tert-OH is 2. The maximum absolute atomic E-state index is 12.9. The van der Waals surface area contributed by atoms with Crippen LogP contribution in [0.15, 0.2) is 73.3 Å². The van der Waals surface area contributed by atoms with Gasteiger partial charge in [0.2, 0.25) is 11.8 Å². The summed E-state index contributed by atoms with van der Waals surface area (Å²) >= 11 is 0. The minimum absolute atomic E-state index is 0.00236. The van der Waals surface area contributed by atoms with Gasteiger partial charge in [0.05, 0.1) is 25.2 Å². The van der Waals surface area contributed by atoms with Gasteiger partial charge >= 0.3 is 0 Å². The highest BCUT2D eigenvalue weighted by Gasteiger charge is 2.26. The molecule has 0 heterocycles. The van der Waals surface area contributed by atoms with Crippen LogP contribution < -0.4 is 5.32 Å². The van der Waals surface area contributed by atoms with Crippen molar-refractivity contribution >= 4 is 11.8 Å². The SMILES string of the molecule is C=CC[C@H](CC(=O)N(CCO)Cc1ccccc1)C(=O)N[C@H](CO)c1ccccc1. The molecule has 6 nitrogen and oxygen atoms in total. The van der Waals surface area contributed by atoms with Gasteiger partial charge in [-0.1, -0.05) is 66.7 Å². The largest absolute Gasteiger partial charge is 0.395 e. The summed E-state index contributed by atoms with van der Waals surface area (Å²) in [6, 6.07) is 18.2. The summed E-state index contributed by atoms with van der Waals surface area (Å²) in [5.74, 6) is -1.13. The Bertz CT molecular complexity index is 795. The van der Waals surface area contributed by atoms with Crippen LogP contribution in [0.2, 0.25) is 0 Å². The third-order valence-corrected chi connectivity index (χ3v) is 4.88. The molecule has 30 heavy (non-hydrogen) atoms. The molecule has 0 saturated heterocycles. The van der Waals surface area contributed by atoms with E-state index in [9.17, 15) is 19.8 Å². The molecular weight excluding hydrogens is 380 g/mol. The van der Waals surface area contributed by atoms with Crippen LogP contribution in [0.5, 0.6) is 0 Å². The van der Waals surface area contributed by atoms with Gasteiger partial charge in [-0.05, 0) is 17.5 Å². The minimum atomic E-state index is -0.607. The van der Waals surface area contributed by atoms with Gasteiger partial charge in [0, 0.05) is 19.5 Å². The van der Waals surface area contributed by atoms with Crippen molar-refractivity contribution in [1.29, 1.82) is 0 Å². The zero-order valence-corrected chi connectivity index (χ0v) is 17.1. The van der Waals surface area contributed by atoms with Gasteiger partial charge in [0.15, 0.2) is 0 Å². The Kier molecular flexibility index (Phi) is 9.77. The molecule has 0 aromatic heterocycles. The topological polar surface area (TPSA) is 89.9 Å². The lowest BCUT2D eigenvalue weighted by atomic mass is 9.98. The Morgan fingerprint density at radius 1 is 1.03 bits per heavy atom. The van der Waals surface area contributed by atoms with Crippen molar-refractivity contribution < 1.29 is 19.8 Å². The van der Waals surface area contributed by atoms with Gasteiger partial charge in [-0.15, -0.1) is 6.58 Å². The summed E-state index contributed by atoms with van der Waals surface area (Å²) in [4.78, 5) is 27.3. The van der Waals surface area contributed by atoms with Gasteiger partial charge < -0.3 is 20.4 Å². The van der Waals surface area contributed by atoms with Crippen molar-refractivity contribution in [2.24, 2.45) is 5.92 Å². The number of benzene rings is 2. The van der Waals surface area contributed by atoms with E-state index < -0.39 is 12.0 Å². The van der Waals surface area contributed by atoms with Crippen molar-refractivity contribution in [2.45, 2.75) is 25.4 Å². The summed E-state index contributed by atoms with van der Waals surface area (Å²) in [5.41, 5.74) is 1.75. The molecule has 2 aromatic carbocycles. The fourth-order valence-corrected chi connectivity index (χ4v) is 3.25. The van der Waals surface area contributed by atoms with Gasteiger partial charge in [0.1, 0.15) is 0 Å². The zero-order chi connectivity index (χ0) is 21.8. The average Bonchev–Trinajstić information content (AvgIpc) is 2.78. The number of aliphatic hydroxyl groups is 2. The van der Waals surface area contributed by atoms with Gasteiger partial charge in [-0.2, -0.15) is 0 Å². The highest BCUT2D eigenvalue weighted by atomic mass is 16.3. The van der Waals surface area contributed by atoms with E-state index in [4.69, 9.17) is 0 Å².